The molecule has 0 spiro atoms. The lowest BCUT2D eigenvalue weighted by Crippen LogP contribution is -2.28. The lowest BCUT2D eigenvalue weighted by Gasteiger charge is -2.23. The summed E-state index contributed by atoms with van der Waals surface area (Å²) < 4.78 is 4.87. The van der Waals surface area contributed by atoms with Gasteiger partial charge in [-0.3, -0.25) is 4.79 Å². The molecule has 0 amide bonds. The number of aliphatic hydroxyl groups excluding tert-OH is 1. The summed E-state index contributed by atoms with van der Waals surface area (Å²) in [6.07, 6.45) is 4.85. The Morgan fingerprint density at radius 1 is 1.59 bits per heavy atom. The number of esters is 1. The van der Waals surface area contributed by atoms with Crippen LogP contribution in [0.15, 0.2) is 11.6 Å². The van der Waals surface area contributed by atoms with Crippen molar-refractivity contribution in [3.63, 3.8) is 0 Å². The molecule has 1 aliphatic rings. The minimum absolute atomic E-state index is 0.182. The molecule has 1 aliphatic carbocycles. The van der Waals surface area contributed by atoms with Crippen molar-refractivity contribution in [1.29, 1.82) is 0 Å². The Morgan fingerprint density at radius 3 is 2.76 bits per heavy atom. The van der Waals surface area contributed by atoms with Crippen molar-refractivity contribution in [3.8, 4) is 0 Å². The van der Waals surface area contributed by atoms with Gasteiger partial charge < -0.3 is 9.84 Å². The van der Waals surface area contributed by atoms with E-state index < -0.39 is 11.5 Å². The molecule has 0 aromatic heterocycles. The Labute approximate surface area is 104 Å². The monoisotopic (exact) mass is 240 g/mol. The predicted molar refractivity (Wildman–Crippen MR) is 67.5 cm³/mol. The minimum Gasteiger partial charge on any atom is -0.468 e. The second-order valence-corrected chi connectivity index (χ2v) is 5.57. The van der Waals surface area contributed by atoms with E-state index in [1.54, 1.807) is 0 Å². The van der Waals surface area contributed by atoms with Crippen LogP contribution in [-0.2, 0) is 9.53 Å². The van der Waals surface area contributed by atoms with Gasteiger partial charge in [0.25, 0.3) is 0 Å². The Hall–Kier alpha value is -0.830. The Bertz CT molecular complexity index is 307. The van der Waals surface area contributed by atoms with Crippen molar-refractivity contribution >= 4 is 5.97 Å². The molecule has 17 heavy (non-hydrogen) atoms. The summed E-state index contributed by atoms with van der Waals surface area (Å²) in [7, 11) is 1.42. The molecule has 3 nitrogen and oxygen atoms in total. The lowest BCUT2D eigenvalue weighted by molar-refractivity contribution is -0.149. The first kappa shape index (κ1) is 14.2. The normalized spacial score (nSPS) is 28.7. The molecule has 0 heterocycles. The van der Waals surface area contributed by atoms with Gasteiger partial charge in [-0.15, -0.1) is 0 Å². The smallest absolute Gasteiger partial charge is 0.315 e. The fourth-order valence-electron chi connectivity index (χ4n) is 2.58. The largest absolute Gasteiger partial charge is 0.468 e. The fourth-order valence-corrected chi connectivity index (χ4v) is 2.58. The third-order valence-electron chi connectivity index (χ3n) is 3.57. The van der Waals surface area contributed by atoms with Crippen molar-refractivity contribution in [1.82, 2.24) is 0 Å². The van der Waals surface area contributed by atoms with E-state index >= 15 is 0 Å². The van der Waals surface area contributed by atoms with Gasteiger partial charge in [-0.05, 0) is 38.5 Å². The van der Waals surface area contributed by atoms with E-state index in [1.807, 2.05) is 13.0 Å². The first-order valence-electron chi connectivity index (χ1n) is 6.38. The number of hydrogen-bond acceptors (Lipinski definition) is 3. The second kappa shape index (κ2) is 5.67. The maximum absolute atomic E-state index is 11.8. The van der Waals surface area contributed by atoms with Gasteiger partial charge in [0.1, 0.15) is 0 Å². The zero-order valence-corrected chi connectivity index (χ0v) is 11.3. The number of aliphatic hydroxyl groups is 1. The number of carbonyl (C=O) groups is 1. The van der Waals surface area contributed by atoms with Crippen LogP contribution in [0.1, 0.15) is 46.5 Å². The zero-order valence-electron chi connectivity index (χ0n) is 11.3. The molecule has 2 atom stereocenters. The van der Waals surface area contributed by atoms with E-state index in [-0.39, 0.29) is 5.97 Å². The number of rotatable bonds is 4. The summed E-state index contributed by atoms with van der Waals surface area (Å²) in [6.45, 7) is 6.07. The Morgan fingerprint density at radius 2 is 2.24 bits per heavy atom. The highest BCUT2D eigenvalue weighted by Crippen LogP contribution is 2.43. The van der Waals surface area contributed by atoms with Crippen LogP contribution in [-0.4, -0.2) is 24.3 Å². The van der Waals surface area contributed by atoms with Gasteiger partial charge >= 0.3 is 5.97 Å². The van der Waals surface area contributed by atoms with Gasteiger partial charge in [-0.25, -0.2) is 0 Å². The van der Waals surface area contributed by atoms with Crippen LogP contribution >= 0.6 is 0 Å². The average Bonchev–Trinajstić information content (AvgIpc) is 2.59. The summed E-state index contributed by atoms with van der Waals surface area (Å²) in [5, 5.41) is 9.94. The molecular weight excluding hydrogens is 216 g/mol. The molecular formula is C14H24O3. The topological polar surface area (TPSA) is 46.5 Å². The third kappa shape index (κ3) is 3.32. The van der Waals surface area contributed by atoms with Crippen LogP contribution < -0.4 is 0 Å². The molecule has 0 radical (unpaired) electrons. The highest BCUT2D eigenvalue weighted by molar-refractivity contribution is 5.80. The van der Waals surface area contributed by atoms with Crippen molar-refractivity contribution in [3.05, 3.63) is 11.6 Å². The molecule has 3 heteroatoms. The van der Waals surface area contributed by atoms with Gasteiger partial charge in [-0.1, -0.05) is 25.5 Å². The predicted octanol–water partition coefficient (Wildman–Crippen LogP) is 2.68. The third-order valence-corrected chi connectivity index (χ3v) is 3.57. The van der Waals surface area contributed by atoms with Crippen LogP contribution in [0.3, 0.4) is 0 Å². The maximum atomic E-state index is 11.8. The summed E-state index contributed by atoms with van der Waals surface area (Å²) >= 11 is 0. The molecule has 0 saturated heterocycles. The Kier molecular flexibility index (Phi) is 4.75. The number of ether oxygens (including phenoxy) is 1. The molecule has 0 aliphatic heterocycles. The number of carbonyl (C=O) groups excluding carboxylic acids is 1. The molecule has 98 valence electrons. The van der Waals surface area contributed by atoms with Gasteiger partial charge in [0.15, 0.2) is 0 Å². The minimum atomic E-state index is -0.521. The van der Waals surface area contributed by atoms with E-state index in [9.17, 15) is 9.90 Å². The maximum Gasteiger partial charge on any atom is 0.315 e. The molecule has 0 aromatic carbocycles. The Balaban J connectivity index is 2.81. The van der Waals surface area contributed by atoms with Gasteiger partial charge in [-0.2, -0.15) is 0 Å². The molecule has 1 saturated carbocycles. The van der Waals surface area contributed by atoms with Crippen molar-refractivity contribution in [2.45, 2.75) is 52.6 Å². The molecule has 0 aromatic rings. The first-order chi connectivity index (χ1) is 7.90. The van der Waals surface area contributed by atoms with Crippen LogP contribution in [0, 0.1) is 11.3 Å². The van der Waals surface area contributed by atoms with E-state index in [0.29, 0.717) is 5.92 Å². The van der Waals surface area contributed by atoms with E-state index in [2.05, 4.69) is 13.8 Å². The summed E-state index contributed by atoms with van der Waals surface area (Å²) in [4.78, 5) is 11.8. The first-order valence-corrected chi connectivity index (χ1v) is 6.38. The quantitative estimate of drug-likeness (QED) is 0.607. The lowest BCUT2D eigenvalue weighted by atomic mass is 9.83. The molecule has 1 fully saturated rings. The van der Waals surface area contributed by atoms with Gasteiger partial charge in [0, 0.05) is 0 Å². The molecule has 1 rings (SSSR count). The summed E-state index contributed by atoms with van der Waals surface area (Å²) in [5.74, 6) is 0.269. The number of methoxy groups -OCH3 is 1. The highest BCUT2D eigenvalue weighted by atomic mass is 16.5. The van der Waals surface area contributed by atoms with Crippen molar-refractivity contribution in [2.24, 2.45) is 11.3 Å². The van der Waals surface area contributed by atoms with E-state index in [4.69, 9.17) is 4.74 Å². The summed E-state index contributed by atoms with van der Waals surface area (Å²) in [6, 6.07) is 0. The van der Waals surface area contributed by atoms with Crippen LogP contribution in [0.2, 0.25) is 0 Å². The van der Waals surface area contributed by atoms with Gasteiger partial charge in [0.05, 0.1) is 18.6 Å². The van der Waals surface area contributed by atoms with Gasteiger partial charge in [0.2, 0.25) is 0 Å². The fraction of sp³-hybridized carbons (Fsp3) is 0.786. The van der Waals surface area contributed by atoms with Crippen molar-refractivity contribution < 1.29 is 14.6 Å². The molecule has 0 bridgehead atoms. The number of hydrogen-bond donors (Lipinski definition) is 1. The van der Waals surface area contributed by atoms with Crippen LogP contribution in [0.25, 0.3) is 0 Å². The van der Waals surface area contributed by atoms with Crippen LogP contribution in [0.4, 0.5) is 0 Å². The summed E-state index contributed by atoms with van der Waals surface area (Å²) in [5.41, 5.74) is 0.518. The van der Waals surface area contributed by atoms with E-state index in [0.717, 1.165) is 31.3 Å². The average molecular weight is 240 g/mol. The zero-order chi connectivity index (χ0) is 13.1. The highest BCUT2D eigenvalue weighted by Gasteiger charge is 2.41. The molecule has 1 N–H and O–H groups in total. The van der Waals surface area contributed by atoms with Crippen molar-refractivity contribution in [2.75, 3.05) is 7.11 Å². The standard InChI is InChI=1S/C14H24O3/c1-10(2)8-12(15)9-11-6-5-7-14(11,3)13(16)17-4/h9-10,12,15H,5-8H2,1-4H3/b11-9+/t12-,14+/m0/s1. The second-order valence-electron chi connectivity index (χ2n) is 5.57. The molecule has 0 unspecified atom stereocenters. The SMILES string of the molecule is COC(=O)[C@]1(C)CCC/C1=C\[C@@H](O)CC(C)C. The van der Waals surface area contributed by atoms with Crippen LogP contribution in [0.5, 0.6) is 0 Å². The van der Waals surface area contributed by atoms with E-state index in [1.165, 1.54) is 7.11 Å².